The van der Waals surface area contributed by atoms with Gasteiger partial charge in [0.25, 0.3) is 5.56 Å². The van der Waals surface area contributed by atoms with E-state index < -0.39 is 22.7 Å². The Morgan fingerprint density at radius 2 is 1.94 bits per heavy atom. The number of ether oxygens (including phenoxy) is 1. The lowest BCUT2D eigenvalue weighted by atomic mass is 10.1. The topological polar surface area (TPSA) is 91.4 Å². The number of nitrogens with zero attached hydrogens (tertiary/aromatic N) is 5. The summed E-state index contributed by atoms with van der Waals surface area (Å²) >= 11 is 0. The van der Waals surface area contributed by atoms with Gasteiger partial charge in [-0.1, -0.05) is 18.2 Å². The van der Waals surface area contributed by atoms with Gasteiger partial charge in [0.15, 0.2) is 0 Å². The lowest BCUT2D eigenvalue weighted by Gasteiger charge is -2.25. The molecule has 1 aliphatic heterocycles. The van der Waals surface area contributed by atoms with Crippen molar-refractivity contribution in [3.05, 3.63) is 63.8 Å². The van der Waals surface area contributed by atoms with Crippen molar-refractivity contribution < 1.29 is 13.7 Å². The zero-order valence-electron chi connectivity index (χ0n) is 20.6. The predicted octanol–water partition coefficient (Wildman–Crippen LogP) is 3.17. The van der Waals surface area contributed by atoms with Crippen LogP contribution in [0.1, 0.15) is 37.6 Å². The smallest absolute Gasteiger partial charge is 0.419 e. The number of aryl methyl sites for hydroxylation is 1. The molecule has 35 heavy (non-hydrogen) atoms. The lowest BCUT2D eigenvalue weighted by molar-refractivity contribution is 0.0544. The molecule has 0 amide bonds. The normalized spacial score (nSPS) is 15.5. The Labute approximate surface area is 205 Å². The molecule has 1 unspecified atom stereocenters. The Bertz CT molecular complexity index is 1560. The fourth-order valence-electron chi connectivity index (χ4n) is 4.81. The van der Waals surface area contributed by atoms with Crippen LogP contribution in [-0.4, -0.2) is 51.9 Å². The average Bonchev–Trinajstić information content (AvgIpc) is 3.30. The van der Waals surface area contributed by atoms with Crippen LogP contribution in [0.2, 0.25) is 0 Å². The number of hydrogen-bond acceptors (Lipinski definition) is 5. The second-order valence-corrected chi connectivity index (χ2v) is 11.3. The third-order valence-electron chi connectivity index (χ3n) is 6.44. The van der Waals surface area contributed by atoms with E-state index in [-0.39, 0.29) is 12.1 Å². The SMILES string of the molecule is Cn1c2c(c3cnn(Cc4cn(C(=O)OC(C)(C)C)c5ccccc45)c(=O)c31)CCN(S(C)=O)C2. The van der Waals surface area contributed by atoms with Gasteiger partial charge in [-0.25, -0.2) is 18.0 Å². The zero-order valence-corrected chi connectivity index (χ0v) is 21.4. The molecule has 0 saturated heterocycles. The van der Waals surface area contributed by atoms with Crippen molar-refractivity contribution in [3.8, 4) is 0 Å². The van der Waals surface area contributed by atoms with Crippen LogP contribution in [0, 0.1) is 0 Å². The summed E-state index contributed by atoms with van der Waals surface area (Å²) in [5.74, 6) is 0. The third-order valence-corrected chi connectivity index (χ3v) is 7.48. The molecule has 0 bridgehead atoms. The molecule has 1 atom stereocenters. The molecule has 9 nitrogen and oxygen atoms in total. The second-order valence-electron chi connectivity index (χ2n) is 9.91. The van der Waals surface area contributed by atoms with Gasteiger partial charge >= 0.3 is 6.09 Å². The van der Waals surface area contributed by atoms with Crippen molar-refractivity contribution >= 4 is 38.9 Å². The molecule has 5 rings (SSSR count). The average molecular weight is 496 g/mol. The Morgan fingerprint density at radius 1 is 1.20 bits per heavy atom. The van der Waals surface area contributed by atoms with Crippen molar-refractivity contribution in [2.75, 3.05) is 12.8 Å². The molecule has 3 aromatic heterocycles. The Kier molecular flexibility index (Phi) is 5.68. The largest absolute Gasteiger partial charge is 0.443 e. The second kappa shape index (κ2) is 8.46. The number of fused-ring (bicyclic) bond motifs is 4. The molecular weight excluding hydrogens is 466 g/mol. The van der Waals surface area contributed by atoms with Crippen molar-refractivity contribution in [3.63, 3.8) is 0 Å². The van der Waals surface area contributed by atoms with E-state index in [0.717, 1.165) is 34.0 Å². The van der Waals surface area contributed by atoms with Crippen LogP contribution < -0.4 is 5.56 Å². The van der Waals surface area contributed by atoms with Gasteiger partial charge in [-0.2, -0.15) is 5.10 Å². The van der Waals surface area contributed by atoms with Crippen molar-refractivity contribution in [2.24, 2.45) is 7.05 Å². The zero-order chi connectivity index (χ0) is 25.1. The van der Waals surface area contributed by atoms with E-state index >= 15 is 0 Å². The van der Waals surface area contributed by atoms with Crippen molar-refractivity contribution in [2.45, 2.75) is 45.9 Å². The molecule has 184 valence electrons. The Morgan fingerprint density at radius 3 is 2.66 bits per heavy atom. The van der Waals surface area contributed by atoms with Crippen molar-refractivity contribution in [1.29, 1.82) is 0 Å². The monoisotopic (exact) mass is 495 g/mol. The predicted molar refractivity (Wildman–Crippen MR) is 136 cm³/mol. The quantitative estimate of drug-likeness (QED) is 0.435. The number of para-hydroxylation sites is 1. The number of benzene rings is 1. The summed E-state index contributed by atoms with van der Waals surface area (Å²) in [5, 5.41) is 6.20. The van der Waals surface area contributed by atoms with Gasteiger partial charge in [0.05, 0.1) is 35.8 Å². The first-order valence-electron chi connectivity index (χ1n) is 11.5. The summed E-state index contributed by atoms with van der Waals surface area (Å²) in [7, 11) is 0.812. The lowest BCUT2D eigenvalue weighted by Crippen LogP contribution is -2.32. The van der Waals surface area contributed by atoms with Gasteiger partial charge in [-0.15, -0.1) is 0 Å². The summed E-state index contributed by atoms with van der Waals surface area (Å²) in [6, 6.07) is 7.55. The molecule has 0 saturated carbocycles. The first kappa shape index (κ1) is 23.5. The maximum absolute atomic E-state index is 13.6. The Balaban J connectivity index is 1.57. The van der Waals surface area contributed by atoms with Crippen molar-refractivity contribution in [1.82, 2.24) is 23.2 Å². The molecule has 10 heteroatoms. The molecule has 0 fully saturated rings. The fourth-order valence-corrected chi connectivity index (χ4v) is 5.46. The Hall–Kier alpha value is -3.24. The van der Waals surface area contributed by atoms with E-state index in [2.05, 4.69) is 5.10 Å². The highest BCUT2D eigenvalue weighted by Crippen LogP contribution is 2.29. The molecule has 4 heterocycles. The summed E-state index contributed by atoms with van der Waals surface area (Å²) in [4.78, 5) is 26.4. The molecule has 0 spiro atoms. The summed E-state index contributed by atoms with van der Waals surface area (Å²) in [6.07, 6.45) is 5.41. The van der Waals surface area contributed by atoms with E-state index in [0.29, 0.717) is 24.1 Å². The van der Waals surface area contributed by atoms with Crippen LogP contribution in [0.15, 0.2) is 41.5 Å². The number of rotatable bonds is 3. The van der Waals surface area contributed by atoms with E-state index in [1.54, 1.807) is 18.6 Å². The molecular formula is C25H29N5O4S. The maximum atomic E-state index is 13.6. The standard InChI is InChI=1S/C25H29N5O4S/c1-25(2,3)34-24(32)29-13-16(17-8-6-7-9-20(17)29)14-30-23(31)22-19(12-26-30)18-10-11-28(35(5)33)15-21(18)27(22)4/h6-9,12-13H,10-11,14-15H2,1-5H3. The molecule has 1 aliphatic rings. The number of aromatic nitrogens is 4. The molecule has 1 aromatic carbocycles. The van der Waals surface area contributed by atoms with Gasteiger partial charge in [0.1, 0.15) is 11.1 Å². The molecule has 0 N–H and O–H groups in total. The third kappa shape index (κ3) is 4.10. The highest BCUT2D eigenvalue weighted by Gasteiger charge is 2.27. The van der Waals surface area contributed by atoms with Crippen LogP contribution in [-0.2, 0) is 42.3 Å². The van der Waals surface area contributed by atoms with Crippen LogP contribution in [0.4, 0.5) is 4.79 Å². The van der Waals surface area contributed by atoms with E-state index in [1.807, 2.05) is 61.0 Å². The first-order chi connectivity index (χ1) is 16.5. The van der Waals surface area contributed by atoms with Gasteiger partial charge in [0.2, 0.25) is 0 Å². The minimum atomic E-state index is -1.07. The first-order valence-corrected chi connectivity index (χ1v) is 13.0. The van der Waals surface area contributed by atoms with Crippen LogP contribution in [0.3, 0.4) is 0 Å². The molecule has 0 radical (unpaired) electrons. The van der Waals surface area contributed by atoms with E-state index in [4.69, 9.17) is 4.74 Å². The van der Waals surface area contributed by atoms with Crippen LogP contribution >= 0.6 is 0 Å². The van der Waals surface area contributed by atoms with Gasteiger partial charge in [-0.05, 0) is 44.4 Å². The van der Waals surface area contributed by atoms with Gasteiger partial charge in [-0.3, -0.25) is 9.36 Å². The number of carbonyl (C=O) groups excluding carboxylic acids is 1. The van der Waals surface area contributed by atoms with Gasteiger partial charge < -0.3 is 9.30 Å². The summed E-state index contributed by atoms with van der Waals surface area (Å²) in [5.41, 5.74) is 3.38. The summed E-state index contributed by atoms with van der Waals surface area (Å²) in [6.45, 7) is 6.91. The van der Waals surface area contributed by atoms with E-state index in [1.165, 1.54) is 9.25 Å². The van der Waals surface area contributed by atoms with Crippen LogP contribution in [0.5, 0.6) is 0 Å². The minimum Gasteiger partial charge on any atom is -0.443 e. The van der Waals surface area contributed by atoms with E-state index in [9.17, 15) is 13.8 Å². The summed E-state index contributed by atoms with van der Waals surface area (Å²) < 4.78 is 24.3. The number of hydrogen-bond donors (Lipinski definition) is 0. The molecule has 4 aromatic rings. The maximum Gasteiger partial charge on any atom is 0.419 e. The minimum absolute atomic E-state index is 0.197. The fraction of sp³-hybridized carbons (Fsp3) is 0.400. The highest BCUT2D eigenvalue weighted by atomic mass is 32.2. The number of carbonyl (C=O) groups is 1. The molecule has 0 aliphatic carbocycles. The van der Waals surface area contributed by atoms with Gasteiger partial charge in [0, 0.05) is 42.5 Å². The van der Waals surface area contributed by atoms with Crippen LogP contribution in [0.25, 0.3) is 21.8 Å². The highest BCUT2D eigenvalue weighted by molar-refractivity contribution is 7.81.